The highest BCUT2D eigenvalue weighted by atomic mass is 31.2. The molecule has 10 heteroatoms. The summed E-state index contributed by atoms with van der Waals surface area (Å²) >= 11 is 0. The van der Waals surface area contributed by atoms with Crippen LogP contribution in [0.1, 0.15) is 322 Å². The Balaban J connectivity index is 3.98. The van der Waals surface area contributed by atoms with Crippen LogP contribution in [0, 0.1) is 0 Å². The second-order valence-corrected chi connectivity index (χ2v) is 25.9. The summed E-state index contributed by atoms with van der Waals surface area (Å²) in [6.45, 7) is 3.61. The molecule has 0 aliphatic heterocycles. The van der Waals surface area contributed by atoms with Gasteiger partial charge in [-0.2, -0.15) is 0 Å². The maximum absolute atomic E-state index is 12.8. The highest BCUT2D eigenvalue weighted by molar-refractivity contribution is 7.47. The molecule has 0 aliphatic rings. The van der Waals surface area contributed by atoms with Crippen molar-refractivity contribution in [1.82, 2.24) is 0 Å². The zero-order valence-corrected chi connectivity index (χ0v) is 59.4. The first-order chi connectivity index (χ1) is 44.8. The number of hydrogen-bond donors (Lipinski definition) is 2. The molecule has 0 amide bonds. The molecule has 0 heterocycles. The summed E-state index contributed by atoms with van der Waals surface area (Å²) in [4.78, 5) is 35.4. The van der Waals surface area contributed by atoms with Crippen LogP contribution in [0.25, 0.3) is 0 Å². The van der Waals surface area contributed by atoms with Gasteiger partial charge < -0.3 is 20.1 Å². The summed E-state index contributed by atoms with van der Waals surface area (Å²) < 4.78 is 33.1. The van der Waals surface area contributed by atoms with Crippen molar-refractivity contribution in [1.29, 1.82) is 0 Å². The van der Waals surface area contributed by atoms with E-state index in [-0.39, 0.29) is 32.6 Å². The van der Waals surface area contributed by atoms with Gasteiger partial charge in [-0.25, -0.2) is 4.57 Å². The van der Waals surface area contributed by atoms with E-state index in [4.69, 9.17) is 24.3 Å². The summed E-state index contributed by atoms with van der Waals surface area (Å²) in [5, 5.41) is 0. The molecule has 0 aromatic carbocycles. The van der Waals surface area contributed by atoms with E-state index in [1.807, 2.05) is 0 Å². The van der Waals surface area contributed by atoms with E-state index < -0.39 is 32.5 Å². The molecule has 0 bridgehead atoms. The Morgan fingerprint density at radius 3 is 0.901 bits per heavy atom. The lowest BCUT2D eigenvalue weighted by molar-refractivity contribution is -0.161. The topological polar surface area (TPSA) is 134 Å². The number of esters is 2. The first-order valence-electron chi connectivity index (χ1n) is 37.3. The molecule has 0 rings (SSSR count). The molecule has 91 heavy (non-hydrogen) atoms. The van der Waals surface area contributed by atoms with Gasteiger partial charge in [0.1, 0.15) is 6.61 Å². The third-order valence-corrected chi connectivity index (χ3v) is 16.7. The third kappa shape index (κ3) is 74.8. The lowest BCUT2D eigenvalue weighted by Gasteiger charge is -2.19. The van der Waals surface area contributed by atoms with Crippen molar-refractivity contribution in [3.05, 3.63) is 146 Å². The number of allylic oxidation sites excluding steroid dienone is 24. The molecule has 0 aromatic rings. The lowest BCUT2D eigenvalue weighted by atomic mass is 10.0. The minimum absolute atomic E-state index is 0.0402. The van der Waals surface area contributed by atoms with Crippen molar-refractivity contribution >= 4 is 19.8 Å². The molecular weight excluding hydrogens is 1150 g/mol. The van der Waals surface area contributed by atoms with Gasteiger partial charge in [-0.3, -0.25) is 18.6 Å². The third-order valence-electron chi connectivity index (χ3n) is 15.7. The number of unbranched alkanes of at least 4 members (excludes halogenated alkanes) is 32. The Labute approximate surface area is 560 Å². The fraction of sp³-hybridized carbons (Fsp3) is 0.679. The molecule has 9 nitrogen and oxygen atoms in total. The van der Waals surface area contributed by atoms with Crippen molar-refractivity contribution in [3.8, 4) is 0 Å². The molecule has 520 valence electrons. The zero-order chi connectivity index (χ0) is 65.8. The maximum Gasteiger partial charge on any atom is 0.472 e. The van der Waals surface area contributed by atoms with Crippen LogP contribution in [-0.2, 0) is 32.7 Å². The number of nitrogens with two attached hydrogens (primary N) is 1. The van der Waals surface area contributed by atoms with Crippen LogP contribution in [0.3, 0.4) is 0 Å². The predicted molar refractivity (Wildman–Crippen MR) is 394 cm³/mol. The average Bonchev–Trinajstić information content (AvgIpc) is 3.71. The van der Waals surface area contributed by atoms with Gasteiger partial charge in [0, 0.05) is 19.4 Å². The number of rotatable bonds is 69. The molecule has 2 unspecified atom stereocenters. The minimum Gasteiger partial charge on any atom is -0.462 e. The van der Waals surface area contributed by atoms with Gasteiger partial charge in [0.15, 0.2) is 6.10 Å². The summed E-state index contributed by atoms with van der Waals surface area (Å²) in [6.07, 6.45) is 108. The molecule has 0 aliphatic carbocycles. The molecule has 0 saturated heterocycles. The fourth-order valence-electron chi connectivity index (χ4n) is 10.3. The van der Waals surface area contributed by atoms with Crippen LogP contribution in [0.4, 0.5) is 0 Å². The predicted octanol–water partition coefficient (Wildman–Crippen LogP) is 25.0. The normalized spacial score (nSPS) is 13.8. The second-order valence-electron chi connectivity index (χ2n) is 24.4. The molecule has 2 atom stereocenters. The number of phosphoric acid groups is 1. The molecule has 3 N–H and O–H groups in total. The first kappa shape index (κ1) is 86.9. The van der Waals surface area contributed by atoms with E-state index in [9.17, 15) is 19.0 Å². The number of carbonyl (C=O) groups excluding carboxylic acids is 2. The monoisotopic (exact) mass is 1280 g/mol. The Morgan fingerprint density at radius 2 is 0.604 bits per heavy atom. The van der Waals surface area contributed by atoms with E-state index in [2.05, 4.69) is 160 Å². The molecule has 0 spiro atoms. The maximum atomic E-state index is 12.8. The summed E-state index contributed by atoms with van der Waals surface area (Å²) in [5.74, 6) is -0.877. The highest BCUT2D eigenvalue weighted by Gasteiger charge is 2.26. The van der Waals surface area contributed by atoms with Gasteiger partial charge in [0.2, 0.25) is 0 Å². The Bertz CT molecular complexity index is 2010. The quantitative estimate of drug-likeness (QED) is 0.0264. The van der Waals surface area contributed by atoms with Crippen molar-refractivity contribution in [2.75, 3.05) is 26.4 Å². The van der Waals surface area contributed by atoms with Gasteiger partial charge in [0.05, 0.1) is 13.2 Å². The Kier molecular flexibility index (Phi) is 71.5. The van der Waals surface area contributed by atoms with Gasteiger partial charge in [-0.1, -0.05) is 352 Å². The zero-order valence-electron chi connectivity index (χ0n) is 58.5. The van der Waals surface area contributed by atoms with Crippen LogP contribution in [0.2, 0.25) is 0 Å². The molecule has 0 aromatic heterocycles. The van der Waals surface area contributed by atoms with Gasteiger partial charge in [-0.05, 0) is 103 Å². The van der Waals surface area contributed by atoms with Gasteiger partial charge in [-0.15, -0.1) is 0 Å². The molecule has 0 radical (unpaired) electrons. The van der Waals surface area contributed by atoms with Crippen molar-refractivity contribution < 1.29 is 37.6 Å². The van der Waals surface area contributed by atoms with Crippen LogP contribution >= 0.6 is 7.82 Å². The van der Waals surface area contributed by atoms with E-state index in [1.165, 1.54) is 180 Å². The molecular formula is C81H138NO8P. The van der Waals surface area contributed by atoms with Crippen LogP contribution in [-0.4, -0.2) is 49.3 Å². The van der Waals surface area contributed by atoms with Crippen molar-refractivity contribution in [2.45, 2.75) is 328 Å². The molecule has 0 saturated carbocycles. The van der Waals surface area contributed by atoms with E-state index >= 15 is 0 Å². The van der Waals surface area contributed by atoms with Crippen molar-refractivity contribution in [2.24, 2.45) is 5.73 Å². The minimum atomic E-state index is -4.42. The van der Waals surface area contributed by atoms with Crippen LogP contribution < -0.4 is 5.73 Å². The van der Waals surface area contributed by atoms with E-state index in [0.29, 0.717) is 6.42 Å². The second kappa shape index (κ2) is 74.9. The number of carbonyl (C=O) groups is 2. The van der Waals surface area contributed by atoms with E-state index in [1.54, 1.807) is 0 Å². The van der Waals surface area contributed by atoms with E-state index in [0.717, 1.165) is 109 Å². The van der Waals surface area contributed by atoms with Crippen LogP contribution in [0.5, 0.6) is 0 Å². The van der Waals surface area contributed by atoms with Crippen molar-refractivity contribution in [3.63, 3.8) is 0 Å². The number of phosphoric ester groups is 1. The SMILES string of the molecule is CC/C=C\C/C=C\C/C=C\C/C=C\C/C=C\C/C=C\C/C=C\C/C=C\C/C=C\C/C=C\C/C=C\C/C=C\CCCCC(=O)OC(COC(=O)CCCCCCCCCCCCCCCCCCCCCCCCCCCCCCCCC)COP(=O)(O)OCCN. The summed E-state index contributed by atoms with van der Waals surface area (Å²) in [5.41, 5.74) is 5.40. The highest BCUT2D eigenvalue weighted by Crippen LogP contribution is 2.43. The fourth-order valence-corrected chi connectivity index (χ4v) is 11.0. The lowest BCUT2D eigenvalue weighted by Crippen LogP contribution is -2.29. The standard InChI is InChI=1S/C81H138NO8P/c1-3-5-7-9-11-13-15-17-19-21-23-25-27-29-31-33-35-36-37-38-39-40-41-42-44-46-48-50-52-54-56-58-60-62-64-66-68-70-72-74-81(84)90-79(78-89-91(85,86)88-76-75-82)77-87-80(83)73-71-69-67-65-63-61-59-57-55-53-51-49-47-45-43-34-32-30-28-26-24-22-20-18-16-14-12-10-8-6-4-2/h5,7,11,13,17,19,23,25,29,31,35-36,38-39,41-42,46,48,52,54,58,60,64,66,79H,3-4,6,8-10,12,14-16,18,20-22,24,26-28,30,32-34,37,40,43-45,47,49-51,53,55-57,59,61-63,65,67-78,82H2,1-2H3,(H,85,86)/b7-5-,13-11-,19-17-,25-23-,31-29-,36-35-,39-38-,42-41-,48-46-,54-52-,60-58-,66-64-. The number of hydrogen-bond acceptors (Lipinski definition) is 8. The Hall–Kier alpha value is -4.11. The van der Waals surface area contributed by atoms with Gasteiger partial charge in [0.25, 0.3) is 0 Å². The molecule has 0 fully saturated rings. The average molecular weight is 1280 g/mol. The summed E-state index contributed by atoms with van der Waals surface area (Å²) in [6, 6.07) is 0. The number of ether oxygens (including phenoxy) is 2. The summed E-state index contributed by atoms with van der Waals surface area (Å²) in [7, 11) is -4.42. The van der Waals surface area contributed by atoms with Crippen LogP contribution in [0.15, 0.2) is 146 Å². The smallest absolute Gasteiger partial charge is 0.462 e. The largest absolute Gasteiger partial charge is 0.472 e. The Morgan fingerprint density at radius 1 is 0.341 bits per heavy atom. The van der Waals surface area contributed by atoms with Gasteiger partial charge >= 0.3 is 19.8 Å². The first-order valence-corrected chi connectivity index (χ1v) is 38.8.